The summed E-state index contributed by atoms with van der Waals surface area (Å²) < 4.78 is 4.88. The van der Waals surface area contributed by atoms with Crippen molar-refractivity contribution in [2.24, 2.45) is 4.99 Å². The first-order valence-electron chi connectivity index (χ1n) is 6.15. The number of nitrogens with one attached hydrogen (secondary N) is 2. The average molecular weight is 248 g/mol. The summed E-state index contributed by atoms with van der Waals surface area (Å²) in [6.45, 7) is 4.32. The number of rotatable bonds is 2. The Labute approximate surface area is 105 Å². The van der Waals surface area contributed by atoms with Gasteiger partial charge in [-0.25, -0.2) is 4.79 Å². The molecule has 96 valence electrons. The minimum Gasteiger partial charge on any atom is -0.458 e. The number of cyclic esters (lactones) is 1. The van der Waals surface area contributed by atoms with Crippen molar-refractivity contribution in [3.8, 4) is 0 Å². The van der Waals surface area contributed by atoms with Gasteiger partial charge in [-0.2, -0.15) is 0 Å². The molecule has 6 nitrogen and oxygen atoms in total. The first-order chi connectivity index (χ1) is 8.83. The van der Waals surface area contributed by atoms with Crippen LogP contribution < -0.4 is 10.6 Å². The van der Waals surface area contributed by atoms with Gasteiger partial charge in [0, 0.05) is 55.8 Å². The molecule has 0 spiro atoms. The highest BCUT2D eigenvalue weighted by Gasteiger charge is 2.22. The lowest BCUT2D eigenvalue weighted by Crippen LogP contribution is -2.52. The van der Waals surface area contributed by atoms with E-state index in [0.717, 1.165) is 37.3 Å². The van der Waals surface area contributed by atoms with Gasteiger partial charge in [0.1, 0.15) is 6.61 Å². The second-order valence-corrected chi connectivity index (χ2v) is 4.48. The quantitative estimate of drug-likeness (QED) is 0.627. The van der Waals surface area contributed by atoms with Crippen molar-refractivity contribution in [3.05, 3.63) is 23.4 Å². The van der Waals surface area contributed by atoms with E-state index in [1.54, 1.807) is 0 Å². The summed E-state index contributed by atoms with van der Waals surface area (Å²) in [5, 5.41) is 6.57. The molecule has 6 heteroatoms. The van der Waals surface area contributed by atoms with Crippen LogP contribution in [0.2, 0.25) is 0 Å². The highest BCUT2D eigenvalue weighted by molar-refractivity contribution is 5.93. The van der Waals surface area contributed by atoms with Crippen LogP contribution in [0.1, 0.15) is 0 Å². The van der Waals surface area contributed by atoms with Crippen molar-refractivity contribution in [1.82, 2.24) is 15.5 Å². The molecule has 2 N–H and O–H groups in total. The summed E-state index contributed by atoms with van der Waals surface area (Å²) >= 11 is 0. The fraction of sp³-hybridized carbons (Fsp3) is 0.500. The lowest BCUT2D eigenvalue weighted by molar-refractivity contribution is -0.134. The second-order valence-electron chi connectivity index (χ2n) is 4.48. The van der Waals surface area contributed by atoms with Crippen molar-refractivity contribution < 1.29 is 9.53 Å². The van der Waals surface area contributed by atoms with Crippen LogP contribution >= 0.6 is 0 Å². The third-order valence-electron chi connectivity index (χ3n) is 3.27. The van der Waals surface area contributed by atoms with Crippen LogP contribution in [0, 0.1) is 0 Å². The Hall–Kier alpha value is -1.66. The summed E-state index contributed by atoms with van der Waals surface area (Å²) in [5.74, 6) is -0.275. The van der Waals surface area contributed by atoms with Crippen molar-refractivity contribution in [2.75, 3.05) is 32.8 Å². The minimum atomic E-state index is -0.275. The maximum atomic E-state index is 11.0. The van der Waals surface area contributed by atoms with E-state index < -0.39 is 0 Å². The summed E-state index contributed by atoms with van der Waals surface area (Å²) in [6.07, 6.45) is 5.25. The Morgan fingerprint density at radius 3 is 2.83 bits per heavy atom. The van der Waals surface area contributed by atoms with Crippen LogP contribution in [-0.2, 0) is 9.53 Å². The predicted octanol–water partition coefficient (Wildman–Crippen LogP) is -0.784. The smallest absolute Gasteiger partial charge is 0.331 e. The van der Waals surface area contributed by atoms with E-state index in [1.807, 2.05) is 12.4 Å². The molecule has 18 heavy (non-hydrogen) atoms. The molecule has 1 unspecified atom stereocenters. The van der Waals surface area contributed by atoms with E-state index in [2.05, 4.69) is 20.5 Å². The number of piperazine rings is 1. The average Bonchev–Trinajstić information content (AvgIpc) is 2.87. The molecule has 0 amide bonds. The van der Waals surface area contributed by atoms with E-state index in [9.17, 15) is 4.79 Å². The van der Waals surface area contributed by atoms with Crippen LogP contribution in [0.25, 0.3) is 0 Å². The Morgan fingerprint density at radius 2 is 2.22 bits per heavy atom. The third kappa shape index (κ3) is 2.30. The van der Waals surface area contributed by atoms with E-state index >= 15 is 0 Å². The molecule has 0 aromatic heterocycles. The predicted molar refractivity (Wildman–Crippen MR) is 67.0 cm³/mol. The molecule has 0 bridgehead atoms. The zero-order valence-electron chi connectivity index (χ0n) is 10.1. The fourth-order valence-corrected chi connectivity index (χ4v) is 2.24. The minimum absolute atomic E-state index is 0.00877. The molecule has 3 rings (SSSR count). The van der Waals surface area contributed by atoms with E-state index in [1.165, 1.54) is 6.08 Å². The monoisotopic (exact) mass is 248 g/mol. The number of esters is 1. The lowest BCUT2D eigenvalue weighted by Gasteiger charge is -2.33. The molecule has 3 heterocycles. The van der Waals surface area contributed by atoms with Gasteiger partial charge in [0.15, 0.2) is 6.29 Å². The summed E-state index contributed by atoms with van der Waals surface area (Å²) in [4.78, 5) is 17.8. The van der Waals surface area contributed by atoms with Gasteiger partial charge in [0.05, 0.1) is 0 Å². The van der Waals surface area contributed by atoms with Crippen molar-refractivity contribution in [3.63, 3.8) is 0 Å². The molecule has 1 atom stereocenters. The van der Waals surface area contributed by atoms with Crippen LogP contribution in [0.3, 0.4) is 0 Å². The first kappa shape index (κ1) is 11.4. The SMILES string of the molecule is O=C1C=C(C2=CNC(N3CCNCC3)N=C2)CO1. The number of hydrogen-bond donors (Lipinski definition) is 2. The summed E-state index contributed by atoms with van der Waals surface area (Å²) in [5.41, 5.74) is 1.81. The number of carbonyl (C=O) groups excluding carboxylic acids is 1. The highest BCUT2D eigenvalue weighted by atomic mass is 16.5. The van der Waals surface area contributed by atoms with Crippen LogP contribution in [-0.4, -0.2) is 56.2 Å². The zero-order valence-corrected chi connectivity index (χ0v) is 10.1. The molecule has 1 fully saturated rings. The van der Waals surface area contributed by atoms with E-state index in [-0.39, 0.29) is 12.3 Å². The van der Waals surface area contributed by atoms with E-state index in [4.69, 9.17) is 4.74 Å². The third-order valence-corrected chi connectivity index (χ3v) is 3.27. The van der Waals surface area contributed by atoms with Crippen LogP contribution in [0.5, 0.6) is 0 Å². The number of carbonyl (C=O) groups is 1. The van der Waals surface area contributed by atoms with Crippen LogP contribution in [0.15, 0.2) is 28.4 Å². The van der Waals surface area contributed by atoms with Gasteiger partial charge in [0.25, 0.3) is 0 Å². The first-order valence-corrected chi connectivity index (χ1v) is 6.15. The van der Waals surface area contributed by atoms with Crippen molar-refractivity contribution in [1.29, 1.82) is 0 Å². The molecule has 1 saturated heterocycles. The summed E-state index contributed by atoms with van der Waals surface area (Å²) in [7, 11) is 0. The van der Waals surface area contributed by atoms with Gasteiger partial charge in [-0.1, -0.05) is 0 Å². The largest absolute Gasteiger partial charge is 0.458 e. The maximum absolute atomic E-state index is 11.0. The molecule has 0 aromatic rings. The molecule has 0 saturated carbocycles. The molecule has 3 aliphatic rings. The van der Waals surface area contributed by atoms with Gasteiger partial charge >= 0.3 is 5.97 Å². The molecule has 0 aromatic carbocycles. The van der Waals surface area contributed by atoms with Crippen molar-refractivity contribution in [2.45, 2.75) is 6.29 Å². The zero-order chi connectivity index (χ0) is 12.4. The standard InChI is InChI=1S/C12H16N4O2/c17-11-5-9(8-18-11)10-6-14-12(15-7-10)16-3-1-13-2-4-16/h5-7,12-14H,1-4,8H2. The van der Waals surface area contributed by atoms with Crippen molar-refractivity contribution >= 4 is 12.2 Å². The Morgan fingerprint density at radius 1 is 1.39 bits per heavy atom. The van der Waals surface area contributed by atoms with Gasteiger partial charge in [-0.3, -0.25) is 9.89 Å². The van der Waals surface area contributed by atoms with Gasteiger partial charge in [0.2, 0.25) is 0 Å². The Kier molecular flexibility index (Phi) is 3.12. The lowest BCUT2D eigenvalue weighted by atomic mass is 10.1. The normalized spacial score (nSPS) is 28.4. The second kappa shape index (κ2) is 4.91. The van der Waals surface area contributed by atoms with E-state index in [0.29, 0.717) is 6.61 Å². The fourth-order valence-electron chi connectivity index (χ4n) is 2.24. The molecule has 0 radical (unpaired) electrons. The van der Waals surface area contributed by atoms with Crippen LogP contribution in [0.4, 0.5) is 0 Å². The number of hydrogen-bond acceptors (Lipinski definition) is 6. The molecule has 0 aliphatic carbocycles. The topological polar surface area (TPSA) is 66.0 Å². The maximum Gasteiger partial charge on any atom is 0.331 e. The molecular weight excluding hydrogens is 232 g/mol. The Balaban J connectivity index is 1.63. The number of nitrogens with zero attached hydrogens (tertiary/aromatic N) is 2. The Bertz CT molecular complexity index is 435. The number of aliphatic imine (C=N–C) groups is 1. The van der Waals surface area contributed by atoms with Gasteiger partial charge in [-0.15, -0.1) is 0 Å². The van der Waals surface area contributed by atoms with Gasteiger partial charge in [-0.05, 0) is 0 Å². The molecular formula is C12H16N4O2. The molecule has 3 aliphatic heterocycles. The number of ether oxygens (including phenoxy) is 1. The highest BCUT2D eigenvalue weighted by Crippen LogP contribution is 2.16. The van der Waals surface area contributed by atoms with Gasteiger partial charge < -0.3 is 15.4 Å². The summed E-state index contributed by atoms with van der Waals surface area (Å²) in [6, 6.07) is 0.